The predicted octanol–water partition coefficient (Wildman–Crippen LogP) is 4.19. The molecular weight excluding hydrogens is 282 g/mol. The van der Waals surface area contributed by atoms with Crippen LogP contribution in [0.15, 0.2) is 60.7 Å². The maximum absolute atomic E-state index is 9.14. The second-order valence-corrected chi connectivity index (χ2v) is 6.47. The van der Waals surface area contributed by atoms with E-state index in [0.29, 0.717) is 0 Å². The Morgan fingerprint density at radius 1 is 0.826 bits per heavy atom. The maximum atomic E-state index is 9.14. The van der Waals surface area contributed by atoms with Gasteiger partial charge in [-0.3, -0.25) is 4.90 Å². The second-order valence-electron chi connectivity index (χ2n) is 6.47. The lowest BCUT2D eigenvalue weighted by Gasteiger charge is -2.48. The smallest absolute Gasteiger partial charge is 0.0715 e. The Morgan fingerprint density at radius 3 is 2.00 bits per heavy atom. The lowest BCUT2D eigenvalue weighted by Crippen LogP contribution is -2.50. The number of aliphatic hydroxyl groups excluding tert-OH is 1. The van der Waals surface area contributed by atoms with E-state index in [1.807, 2.05) is 0 Å². The molecule has 1 N–H and O–H groups in total. The molecule has 2 aromatic carbocycles. The molecule has 0 saturated carbocycles. The van der Waals surface area contributed by atoms with Gasteiger partial charge in [0.1, 0.15) is 0 Å². The highest BCUT2D eigenvalue weighted by molar-refractivity contribution is 5.39. The number of likely N-dealkylation sites (tertiary alicyclic amines) is 1. The van der Waals surface area contributed by atoms with Crippen LogP contribution in [-0.2, 0) is 5.54 Å². The molecule has 0 radical (unpaired) electrons. The molecule has 0 aromatic heterocycles. The van der Waals surface area contributed by atoms with E-state index in [1.54, 1.807) is 0 Å². The van der Waals surface area contributed by atoms with Crippen molar-refractivity contribution in [3.05, 3.63) is 71.8 Å². The normalized spacial score (nSPS) is 18.0. The van der Waals surface area contributed by atoms with Crippen LogP contribution in [-0.4, -0.2) is 29.7 Å². The predicted molar refractivity (Wildman–Crippen MR) is 95.4 cm³/mol. The number of aliphatic hydroxyl groups is 1. The van der Waals surface area contributed by atoms with E-state index < -0.39 is 0 Å². The fraction of sp³-hybridized carbons (Fsp3) is 0.429. The third-order valence-corrected chi connectivity index (χ3v) is 5.10. The van der Waals surface area contributed by atoms with Gasteiger partial charge in [-0.25, -0.2) is 0 Å². The SMILES string of the molecule is OCCCCN1CCCCC1(c1ccccc1)c1ccccc1. The van der Waals surface area contributed by atoms with Crippen molar-refractivity contribution in [1.82, 2.24) is 4.90 Å². The standard InChI is InChI=1S/C21H27NO/c23-18-10-9-17-22-16-8-7-15-21(22,19-11-3-1-4-12-19)20-13-5-2-6-14-20/h1-6,11-14,23H,7-10,15-18H2. The highest BCUT2D eigenvalue weighted by atomic mass is 16.2. The molecule has 0 amide bonds. The summed E-state index contributed by atoms with van der Waals surface area (Å²) in [5.41, 5.74) is 2.78. The Hall–Kier alpha value is -1.64. The van der Waals surface area contributed by atoms with Crippen LogP contribution < -0.4 is 0 Å². The molecule has 0 spiro atoms. The first-order valence-electron chi connectivity index (χ1n) is 8.85. The molecule has 0 atom stereocenters. The largest absolute Gasteiger partial charge is 0.396 e. The molecular formula is C21H27NO. The van der Waals surface area contributed by atoms with E-state index in [4.69, 9.17) is 5.11 Å². The van der Waals surface area contributed by atoms with Gasteiger partial charge in [0.05, 0.1) is 5.54 Å². The second kappa shape index (κ2) is 7.76. The zero-order valence-corrected chi connectivity index (χ0v) is 13.8. The molecule has 0 unspecified atom stereocenters. The van der Waals surface area contributed by atoms with Gasteiger partial charge >= 0.3 is 0 Å². The summed E-state index contributed by atoms with van der Waals surface area (Å²) in [4.78, 5) is 2.65. The third kappa shape index (κ3) is 3.34. The number of rotatable bonds is 6. The van der Waals surface area contributed by atoms with Crippen LogP contribution in [0.25, 0.3) is 0 Å². The lowest BCUT2D eigenvalue weighted by atomic mass is 9.75. The van der Waals surface area contributed by atoms with E-state index in [0.717, 1.165) is 25.9 Å². The molecule has 23 heavy (non-hydrogen) atoms. The molecule has 3 rings (SSSR count). The summed E-state index contributed by atoms with van der Waals surface area (Å²) >= 11 is 0. The van der Waals surface area contributed by atoms with Gasteiger partial charge < -0.3 is 5.11 Å². The summed E-state index contributed by atoms with van der Waals surface area (Å²) in [5, 5.41) is 9.14. The van der Waals surface area contributed by atoms with Gasteiger partial charge in [-0.05, 0) is 56.3 Å². The van der Waals surface area contributed by atoms with Crippen molar-refractivity contribution in [2.75, 3.05) is 19.7 Å². The topological polar surface area (TPSA) is 23.5 Å². The lowest BCUT2D eigenvalue weighted by molar-refractivity contribution is 0.0738. The van der Waals surface area contributed by atoms with Crippen molar-refractivity contribution < 1.29 is 5.11 Å². The first-order chi connectivity index (χ1) is 11.4. The molecule has 122 valence electrons. The number of piperidine rings is 1. The Balaban J connectivity index is 2.02. The summed E-state index contributed by atoms with van der Waals surface area (Å²) in [6.07, 6.45) is 5.63. The molecule has 2 aromatic rings. The zero-order chi connectivity index (χ0) is 16.0. The minimum atomic E-state index is -0.0176. The van der Waals surface area contributed by atoms with Crippen molar-refractivity contribution >= 4 is 0 Å². The van der Waals surface area contributed by atoms with Gasteiger partial charge in [0, 0.05) is 6.61 Å². The molecule has 1 aliphatic rings. The Bertz CT molecular complexity index is 542. The summed E-state index contributed by atoms with van der Waals surface area (Å²) in [5.74, 6) is 0. The van der Waals surface area contributed by atoms with E-state index in [9.17, 15) is 0 Å². The van der Waals surface area contributed by atoms with Crippen LogP contribution in [0.1, 0.15) is 43.2 Å². The minimum absolute atomic E-state index is 0.0176. The fourth-order valence-electron chi connectivity index (χ4n) is 4.00. The zero-order valence-electron chi connectivity index (χ0n) is 13.8. The summed E-state index contributed by atoms with van der Waals surface area (Å²) < 4.78 is 0. The number of unbranched alkanes of at least 4 members (excludes halogenated alkanes) is 1. The van der Waals surface area contributed by atoms with E-state index in [1.165, 1.54) is 30.4 Å². The van der Waals surface area contributed by atoms with Gasteiger partial charge in [0.25, 0.3) is 0 Å². The van der Waals surface area contributed by atoms with Gasteiger partial charge in [0.15, 0.2) is 0 Å². The highest BCUT2D eigenvalue weighted by Crippen LogP contribution is 2.43. The Labute approximate surface area is 139 Å². The average Bonchev–Trinajstić information content (AvgIpc) is 2.64. The molecule has 1 saturated heterocycles. The van der Waals surface area contributed by atoms with E-state index in [-0.39, 0.29) is 12.1 Å². The molecule has 2 heteroatoms. The van der Waals surface area contributed by atoms with Crippen molar-refractivity contribution in [3.8, 4) is 0 Å². The monoisotopic (exact) mass is 309 g/mol. The fourth-order valence-corrected chi connectivity index (χ4v) is 4.00. The van der Waals surface area contributed by atoms with Gasteiger partial charge in [0.2, 0.25) is 0 Å². The van der Waals surface area contributed by atoms with Gasteiger partial charge in [-0.1, -0.05) is 60.7 Å². The average molecular weight is 309 g/mol. The molecule has 1 fully saturated rings. The number of benzene rings is 2. The molecule has 0 bridgehead atoms. The van der Waals surface area contributed by atoms with Crippen LogP contribution in [0.2, 0.25) is 0 Å². The van der Waals surface area contributed by atoms with Crippen molar-refractivity contribution in [1.29, 1.82) is 0 Å². The van der Waals surface area contributed by atoms with Crippen LogP contribution >= 0.6 is 0 Å². The first kappa shape index (κ1) is 16.2. The van der Waals surface area contributed by atoms with Crippen molar-refractivity contribution in [2.45, 2.75) is 37.6 Å². The summed E-state index contributed by atoms with van der Waals surface area (Å²) in [6.45, 7) is 2.47. The number of nitrogens with zero attached hydrogens (tertiary/aromatic N) is 1. The van der Waals surface area contributed by atoms with Gasteiger partial charge in [-0.15, -0.1) is 0 Å². The maximum Gasteiger partial charge on any atom is 0.0715 e. The van der Waals surface area contributed by atoms with Crippen LogP contribution in [0.3, 0.4) is 0 Å². The first-order valence-corrected chi connectivity index (χ1v) is 8.85. The molecule has 2 nitrogen and oxygen atoms in total. The molecule has 0 aliphatic carbocycles. The third-order valence-electron chi connectivity index (χ3n) is 5.10. The van der Waals surface area contributed by atoms with E-state index in [2.05, 4.69) is 65.6 Å². The number of hydrogen-bond donors (Lipinski definition) is 1. The van der Waals surface area contributed by atoms with E-state index >= 15 is 0 Å². The number of hydrogen-bond acceptors (Lipinski definition) is 2. The van der Waals surface area contributed by atoms with Crippen LogP contribution in [0.4, 0.5) is 0 Å². The Morgan fingerprint density at radius 2 is 1.43 bits per heavy atom. The summed E-state index contributed by atoms with van der Waals surface area (Å²) in [6, 6.07) is 21.9. The van der Waals surface area contributed by atoms with Crippen molar-refractivity contribution in [3.63, 3.8) is 0 Å². The Kier molecular flexibility index (Phi) is 5.47. The van der Waals surface area contributed by atoms with Crippen molar-refractivity contribution in [2.24, 2.45) is 0 Å². The van der Waals surface area contributed by atoms with Gasteiger partial charge in [-0.2, -0.15) is 0 Å². The molecule has 1 heterocycles. The van der Waals surface area contributed by atoms with Crippen LogP contribution in [0, 0.1) is 0 Å². The quantitative estimate of drug-likeness (QED) is 0.809. The molecule has 1 aliphatic heterocycles. The summed E-state index contributed by atoms with van der Waals surface area (Å²) in [7, 11) is 0. The van der Waals surface area contributed by atoms with Crippen LogP contribution in [0.5, 0.6) is 0 Å². The highest BCUT2D eigenvalue weighted by Gasteiger charge is 2.41. The minimum Gasteiger partial charge on any atom is -0.396 e.